The average molecular weight is 361 g/mol. The maximum Gasteiger partial charge on any atom is 0 e. The molecule has 5 rings (SSSR count). The van der Waals surface area contributed by atoms with E-state index in [-0.39, 0.29) is 31.6 Å². The Balaban J connectivity index is 0.00000125. The molecule has 0 saturated heterocycles. The first kappa shape index (κ1) is 14.4. The van der Waals surface area contributed by atoms with E-state index in [4.69, 9.17) is 0 Å². The Hall–Kier alpha value is -1.20. The van der Waals surface area contributed by atoms with Crippen LogP contribution < -0.4 is 0 Å². The minimum atomic E-state index is 0. The smallest absolute Gasteiger partial charge is 0 e. The summed E-state index contributed by atoms with van der Waals surface area (Å²) in [7, 11) is 0. The predicted octanol–water partition coefficient (Wildman–Crippen LogP) is 5.18. The Labute approximate surface area is 151 Å². The van der Waals surface area contributed by atoms with Crippen LogP contribution in [0.4, 0.5) is 0 Å². The van der Waals surface area contributed by atoms with Crippen molar-refractivity contribution >= 4 is 5.57 Å². The van der Waals surface area contributed by atoms with Gasteiger partial charge in [-0.3, -0.25) is 6.08 Å². The summed E-state index contributed by atoms with van der Waals surface area (Å²) in [5.41, 5.74) is 12.1. The summed E-state index contributed by atoms with van der Waals surface area (Å²) in [5, 5.41) is 0. The molecule has 1 fully saturated rings. The summed E-state index contributed by atoms with van der Waals surface area (Å²) in [4.78, 5) is 0. The van der Waals surface area contributed by atoms with E-state index >= 15 is 0 Å². The molecule has 0 radical (unpaired) electrons. The van der Waals surface area contributed by atoms with Gasteiger partial charge in [0.25, 0.3) is 0 Å². The van der Waals surface area contributed by atoms with Crippen molar-refractivity contribution in [3.63, 3.8) is 0 Å². The summed E-state index contributed by atoms with van der Waals surface area (Å²) in [6.07, 6.45) is 5.67. The molecule has 0 aliphatic heterocycles. The van der Waals surface area contributed by atoms with Crippen LogP contribution in [0.5, 0.6) is 0 Å². The fourth-order valence-electron chi connectivity index (χ4n) is 4.24. The molecule has 0 spiro atoms. The molecule has 3 aliphatic carbocycles. The maximum atomic E-state index is 3.59. The summed E-state index contributed by atoms with van der Waals surface area (Å²) >= 11 is 0. The van der Waals surface area contributed by atoms with Crippen molar-refractivity contribution in [2.24, 2.45) is 5.41 Å². The van der Waals surface area contributed by atoms with Gasteiger partial charge in [-0.25, -0.2) is 5.57 Å². The molecule has 0 heterocycles. The number of rotatable bonds is 1. The minimum absolute atomic E-state index is 0. The molecule has 106 valence electrons. The van der Waals surface area contributed by atoms with Gasteiger partial charge < -0.3 is 0 Å². The van der Waals surface area contributed by atoms with E-state index < -0.39 is 0 Å². The van der Waals surface area contributed by atoms with Crippen molar-refractivity contribution in [3.05, 3.63) is 76.4 Å². The van der Waals surface area contributed by atoms with Crippen LogP contribution in [0.25, 0.3) is 16.7 Å². The molecule has 0 amide bonds. The van der Waals surface area contributed by atoms with Gasteiger partial charge in [-0.1, -0.05) is 61.7 Å². The van der Waals surface area contributed by atoms with E-state index in [2.05, 4.69) is 62.4 Å². The van der Waals surface area contributed by atoms with Crippen LogP contribution in [0.15, 0.2) is 53.6 Å². The van der Waals surface area contributed by atoms with E-state index in [1.807, 2.05) is 0 Å². The first-order valence-corrected chi connectivity index (χ1v) is 7.74. The second-order valence-corrected chi connectivity index (χ2v) is 6.87. The fraction of sp³-hybridized carbons (Fsp3) is 0.238. The molecule has 2 aromatic rings. The SMILES string of the molecule is CC1(C)C2=[C-]CC(c3cccc4c3Cc3ccccc3-4)=C21.[Zr]. The van der Waals surface area contributed by atoms with E-state index in [1.54, 1.807) is 5.57 Å². The molecule has 3 aliphatic rings. The quantitative estimate of drug-likeness (QED) is 0.524. The predicted molar refractivity (Wildman–Crippen MR) is 86.8 cm³/mol. The molecule has 1 saturated carbocycles. The standard InChI is InChI=1S/C21H17.Zr/c1-21(2)19-11-10-17(20(19)21)16-9-5-8-15-14-7-4-3-6-13(14)12-18(15)16;/h3-9H,10,12H2,1-2H3;/q-1;. The molecule has 0 N–H and O–H groups in total. The molecule has 0 unspecified atom stereocenters. The average Bonchev–Trinajstić information content (AvgIpc) is 2.91. The molecule has 0 nitrogen and oxygen atoms in total. The van der Waals surface area contributed by atoms with E-state index in [1.165, 1.54) is 39.0 Å². The molecule has 1 heteroatoms. The summed E-state index contributed by atoms with van der Waals surface area (Å²) in [6.45, 7) is 4.64. The van der Waals surface area contributed by atoms with E-state index in [0.717, 1.165) is 12.8 Å². The molecular formula is C21H17Zr-. The summed E-state index contributed by atoms with van der Waals surface area (Å²) in [6, 6.07) is 15.6. The zero-order valence-corrected chi connectivity index (χ0v) is 15.4. The van der Waals surface area contributed by atoms with Crippen LogP contribution in [0.2, 0.25) is 0 Å². The minimum Gasteiger partial charge on any atom is -0.269 e. The third-order valence-corrected chi connectivity index (χ3v) is 5.36. The second kappa shape index (κ2) is 4.65. The Morgan fingerprint density at radius 2 is 1.64 bits per heavy atom. The van der Waals surface area contributed by atoms with E-state index in [9.17, 15) is 0 Å². The largest absolute Gasteiger partial charge is 0.269 e. The van der Waals surface area contributed by atoms with Gasteiger partial charge in [0.1, 0.15) is 0 Å². The molecule has 22 heavy (non-hydrogen) atoms. The normalized spacial score (nSPS) is 19.1. The van der Waals surface area contributed by atoms with Crippen LogP contribution in [0.3, 0.4) is 0 Å². The Bertz CT molecular complexity index is 865. The van der Waals surface area contributed by atoms with Gasteiger partial charge in [-0.05, 0) is 34.2 Å². The van der Waals surface area contributed by atoms with Crippen molar-refractivity contribution in [2.75, 3.05) is 0 Å². The first-order valence-electron chi connectivity index (χ1n) is 7.74. The number of hydrogen-bond acceptors (Lipinski definition) is 0. The molecule has 2 aromatic carbocycles. The number of hydrogen-bond donors (Lipinski definition) is 0. The Morgan fingerprint density at radius 1 is 0.909 bits per heavy atom. The third kappa shape index (κ3) is 1.72. The van der Waals surface area contributed by atoms with Gasteiger partial charge in [-0.2, -0.15) is 5.57 Å². The number of benzene rings is 2. The zero-order chi connectivity index (χ0) is 14.2. The van der Waals surface area contributed by atoms with Crippen LogP contribution >= 0.6 is 0 Å². The number of allylic oxidation sites excluding steroid dienone is 4. The van der Waals surface area contributed by atoms with Crippen LogP contribution in [0, 0.1) is 11.5 Å². The number of fused-ring (bicyclic) bond motifs is 4. The summed E-state index contributed by atoms with van der Waals surface area (Å²) in [5.74, 6) is 0. The fourth-order valence-corrected chi connectivity index (χ4v) is 4.24. The molecule has 0 atom stereocenters. The van der Waals surface area contributed by atoms with Gasteiger partial charge >= 0.3 is 0 Å². The first-order chi connectivity index (χ1) is 10.2. The monoisotopic (exact) mass is 359 g/mol. The van der Waals surface area contributed by atoms with Crippen molar-refractivity contribution in [1.82, 2.24) is 0 Å². The zero-order valence-electron chi connectivity index (χ0n) is 13.0. The van der Waals surface area contributed by atoms with Gasteiger partial charge in [0, 0.05) is 26.2 Å². The van der Waals surface area contributed by atoms with E-state index in [0.29, 0.717) is 0 Å². The van der Waals surface area contributed by atoms with Gasteiger partial charge in [0.2, 0.25) is 0 Å². The topological polar surface area (TPSA) is 0 Å². The van der Waals surface area contributed by atoms with Gasteiger partial charge in [0.05, 0.1) is 0 Å². The Kier molecular flexibility index (Phi) is 3.04. The van der Waals surface area contributed by atoms with Gasteiger partial charge in [0.15, 0.2) is 0 Å². The third-order valence-electron chi connectivity index (χ3n) is 5.36. The van der Waals surface area contributed by atoms with Crippen molar-refractivity contribution in [2.45, 2.75) is 26.7 Å². The van der Waals surface area contributed by atoms with Crippen molar-refractivity contribution < 1.29 is 26.2 Å². The second-order valence-electron chi connectivity index (χ2n) is 6.87. The molecule has 0 bridgehead atoms. The Morgan fingerprint density at radius 3 is 2.41 bits per heavy atom. The van der Waals surface area contributed by atoms with Gasteiger partial charge in [-0.15, -0.1) is 12.0 Å². The van der Waals surface area contributed by atoms with Crippen molar-refractivity contribution in [3.8, 4) is 11.1 Å². The van der Waals surface area contributed by atoms with Crippen LogP contribution in [-0.4, -0.2) is 0 Å². The molecular weight excluding hydrogens is 343 g/mol. The van der Waals surface area contributed by atoms with Crippen molar-refractivity contribution in [1.29, 1.82) is 0 Å². The maximum absolute atomic E-state index is 3.59. The summed E-state index contributed by atoms with van der Waals surface area (Å²) < 4.78 is 0. The molecule has 0 aromatic heterocycles. The van der Waals surface area contributed by atoms with Crippen LogP contribution in [-0.2, 0) is 32.6 Å². The van der Waals surface area contributed by atoms with Crippen LogP contribution in [0.1, 0.15) is 37.0 Å².